The van der Waals surface area contributed by atoms with Crippen LogP contribution < -0.4 is 10.6 Å². The van der Waals surface area contributed by atoms with Crippen molar-refractivity contribution in [2.75, 3.05) is 23.8 Å². The molecular weight excluding hydrogens is 346 g/mol. The van der Waals surface area contributed by atoms with Gasteiger partial charge in [0.2, 0.25) is 5.95 Å². The minimum atomic E-state index is 0.321. The standard InChI is InChI=1S/C17H19N9O/c1-10-6-14-18-9-20-26(14)8-13(10)23-17-22-12-7-19-25-15(12)16(24-17)21-11-2-4-27-5-3-11/h6-9,11H,2-5H2,1H3,(H,19,25)(H2,21,22,23,24). The van der Waals surface area contributed by atoms with Crippen LogP contribution in [-0.4, -0.2) is 54.0 Å². The number of hydrogen-bond donors (Lipinski definition) is 3. The van der Waals surface area contributed by atoms with Gasteiger partial charge in [-0.05, 0) is 31.4 Å². The van der Waals surface area contributed by atoms with E-state index in [1.165, 1.54) is 6.33 Å². The van der Waals surface area contributed by atoms with Gasteiger partial charge in [0.15, 0.2) is 11.5 Å². The number of hydrogen-bond acceptors (Lipinski definition) is 8. The zero-order chi connectivity index (χ0) is 18.2. The number of aryl methyl sites for hydroxylation is 1. The summed E-state index contributed by atoms with van der Waals surface area (Å²) in [5, 5.41) is 18.1. The lowest BCUT2D eigenvalue weighted by molar-refractivity contribution is 0.0904. The number of H-pyrrole nitrogens is 1. The molecule has 0 amide bonds. The minimum Gasteiger partial charge on any atom is -0.381 e. The van der Waals surface area contributed by atoms with E-state index in [1.54, 1.807) is 10.7 Å². The molecule has 1 fully saturated rings. The summed E-state index contributed by atoms with van der Waals surface area (Å²) in [5.41, 5.74) is 4.25. The molecule has 5 rings (SSSR count). The Labute approximate surface area is 154 Å². The van der Waals surface area contributed by atoms with Crippen molar-refractivity contribution in [3.8, 4) is 0 Å². The monoisotopic (exact) mass is 365 g/mol. The quantitative estimate of drug-likeness (QED) is 0.503. The van der Waals surface area contributed by atoms with Crippen molar-refractivity contribution in [1.82, 2.24) is 34.8 Å². The second-order valence-electron chi connectivity index (χ2n) is 6.61. The van der Waals surface area contributed by atoms with Crippen LogP contribution in [0.3, 0.4) is 0 Å². The zero-order valence-corrected chi connectivity index (χ0v) is 14.8. The molecule has 3 N–H and O–H groups in total. The molecule has 0 unspecified atom stereocenters. The predicted molar refractivity (Wildman–Crippen MR) is 100 cm³/mol. The van der Waals surface area contributed by atoms with E-state index in [1.807, 2.05) is 19.2 Å². The van der Waals surface area contributed by atoms with E-state index in [0.29, 0.717) is 12.0 Å². The molecule has 27 heavy (non-hydrogen) atoms. The van der Waals surface area contributed by atoms with Crippen LogP contribution in [0.4, 0.5) is 17.5 Å². The smallest absolute Gasteiger partial charge is 0.229 e. The van der Waals surface area contributed by atoms with E-state index < -0.39 is 0 Å². The molecule has 10 heteroatoms. The Morgan fingerprint density at radius 3 is 3.04 bits per heavy atom. The lowest BCUT2D eigenvalue weighted by atomic mass is 10.1. The summed E-state index contributed by atoms with van der Waals surface area (Å²) in [7, 11) is 0. The van der Waals surface area contributed by atoms with Gasteiger partial charge in [0.1, 0.15) is 17.4 Å². The van der Waals surface area contributed by atoms with Crippen LogP contribution in [-0.2, 0) is 4.74 Å². The summed E-state index contributed by atoms with van der Waals surface area (Å²) in [6.45, 7) is 3.53. The Kier molecular flexibility index (Phi) is 3.82. The highest BCUT2D eigenvalue weighted by atomic mass is 16.5. The molecule has 0 aliphatic carbocycles. The number of nitrogens with one attached hydrogen (secondary N) is 3. The van der Waals surface area contributed by atoms with E-state index in [9.17, 15) is 0 Å². The fourth-order valence-electron chi connectivity index (χ4n) is 3.24. The molecular formula is C17H19N9O. The van der Waals surface area contributed by atoms with Crippen molar-refractivity contribution in [1.29, 1.82) is 0 Å². The maximum Gasteiger partial charge on any atom is 0.229 e. The number of aromatic nitrogens is 7. The molecule has 1 saturated heterocycles. The van der Waals surface area contributed by atoms with Crippen LogP contribution in [0, 0.1) is 6.92 Å². The molecule has 1 aliphatic rings. The molecule has 0 atom stereocenters. The van der Waals surface area contributed by atoms with Crippen molar-refractivity contribution in [3.63, 3.8) is 0 Å². The lowest BCUT2D eigenvalue weighted by Crippen LogP contribution is -2.28. The third-order valence-corrected chi connectivity index (χ3v) is 4.73. The van der Waals surface area contributed by atoms with Crippen LogP contribution in [0.15, 0.2) is 24.8 Å². The normalized spacial score (nSPS) is 15.4. The summed E-state index contributed by atoms with van der Waals surface area (Å²) in [6.07, 6.45) is 7.01. The van der Waals surface area contributed by atoms with Gasteiger partial charge in [-0.3, -0.25) is 5.10 Å². The van der Waals surface area contributed by atoms with E-state index >= 15 is 0 Å². The molecule has 0 bridgehead atoms. The average molecular weight is 365 g/mol. The number of nitrogens with zero attached hydrogens (tertiary/aromatic N) is 6. The first-order chi connectivity index (χ1) is 13.3. The largest absolute Gasteiger partial charge is 0.381 e. The maximum atomic E-state index is 5.44. The van der Waals surface area contributed by atoms with Crippen molar-refractivity contribution in [2.24, 2.45) is 0 Å². The van der Waals surface area contributed by atoms with Gasteiger partial charge in [-0.1, -0.05) is 0 Å². The Morgan fingerprint density at radius 2 is 2.15 bits per heavy atom. The lowest BCUT2D eigenvalue weighted by Gasteiger charge is -2.24. The maximum absolute atomic E-state index is 5.44. The van der Waals surface area contributed by atoms with Gasteiger partial charge in [0.25, 0.3) is 0 Å². The molecule has 1 aliphatic heterocycles. The molecule has 0 saturated carbocycles. The van der Waals surface area contributed by atoms with Gasteiger partial charge in [-0.25, -0.2) is 14.5 Å². The highest BCUT2D eigenvalue weighted by Crippen LogP contribution is 2.25. The molecule has 138 valence electrons. The number of fused-ring (bicyclic) bond motifs is 2. The Balaban J connectivity index is 1.49. The molecule has 4 aromatic heterocycles. The SMILES string of the molecule is Cc1cc2ncnn2cc1Nc1nc(NC2CCOCC2)c2[nH]ncc2n1. The first-order valence-corrected chi connectivity index (χ1v) is 8.89. The van der Waals surface area contributed by atoms with E-state index in [-0.39, 0.29) is 0 Å². The van der Waals surface area contributed by atoms with Crippen molar-refractivity contribution < 1.29 is 4.74 Å². The third kappa shape index (κ3) is 3.04. The van der Waals surface area contributed by atoms with Crippen LogP contribution >= 0.6 is 0 Å². The van der Waals surface area contributed by atoms with E-state index in [0.717, 1.165) is 59.8 Å². The number of pyridine rings is 1. The summed E-state index contributed by atoms with van der Waals surface area (Å²) in [6, 6.07) is 2.29. The minimum absolute atomic E-state index is 0.321. The molecule has 5 heterocycles. The van der Waals surface area contributed by atoms with E-state index in [2.05, 4.69) is 40.9 Å². The fraction of sp³-hybridized carbons (Fsp3) is 0.353. The van der Waals surface area contributed by atoms with Crippen LogP contribution in [0.5, 0.6) is 0 Å². The van der Waals surface area contributed by atoms with Gasteiger partial charge >= 0.3 is 0 Å². The van der Waals surface area contributed by atoms with Crippen LogP contribution in [0.2, 0.25) is 0 Å². The van der Waals surface area contributed by atoms with Gasteiger partial charge in [0, 0.05) is 19.3 Å². The summed E-state index contributed by atoms with van der Waals surface area (Å²) in [5.74, 6) is 1.24. The summed E-state index contributed by atoms with van der Waals surface area (Å²) in [4.78, 5) is 13.4. The third-order valence-electron chi connectivity index (χ3n) is 4.73. The van der Waals surface area contributed by atoms with Gasteiger partial charge < -0.3 is 15.4 Å². The number of anilines is 3. The highest BCUT2D eigenvalue weighted by Gasteiger charge is 2.17. The van der Waals surface area contributed by atoms with Crippen LogP contribution in [0.25, 0.3) is 16.7 Å². The highest BCUT2D eigenvalue weighted by molar-refractivity contribution is 5.86. The predicted octanol–water partition coefficient (Wildman–Crippen LogP) is 2.04. The second kappa shape index (κ2) is 6.47. The van der Waals surface area contributed by atoms with Crippen LogP contribution in [0.1, 0.15) is 18.4 Å². The Hall–Kier alpha value is -3.27. The summed E-state index contributed by atoms with van der Waals surface area (Å²) >= 11 is 0. The second-order valence-corrected chi connectivity index (χ2v) is 6.61. The van der Waals surface area contributed by atoms with Crippen molar-refractivity contribution in [2.45, 2.75) is 25.8 Å². The van der Waals surface area contributed by atoms with E-state index in [4.69, 9.17) is 4.74 Å². The molecule has 0 spiro atoms. The first kappa shape index (κ1) is 15.9. The average Bonchev–Trinajstić information content (AvgIpc) is 3.32. The molecule has 0 radical (unpaired) electrons. The molecule has 0 aromatic carbocycles. The van der Waals surface area contributed by atoms with Gasteiger partial charge in [-0.15, -0.1) is 0 Å². The molecule has 4 aromatic rings. The van der Waals surface area contributed by atoms with Gasteiger partial charge in [-0.2, -0.15) is 15.2 Å². The Bertz CT molecular complexity index is 1100. The topological polar surface area (TPSA) is 118 Å². The fourth-order valence-corrected chi connectivity index (χ4v) is 3.24. The first-order valence-electron chi connectivity index (χ1n) is 8.89. The zero-order valence-electron chi connectivity index (χ0n) is 14.8. The number of rotatable bonds is 4. The van der Waals surface area contributed by atoms with Crippen molar-refractivity contribution >= 4 is 34.1 Å². The van der Waals surface area contributed by atoms with Crippen molar-refractivity contribution in [3.05, 3.63) is 30.4 Å². The van der Waals surface area contributed by atoms with Gasteiger partial charge in [0.05, 0.1) is 18.1 Å². The molecule has 10 nitrogen and oxygen atoms in total. The number of ether oxygens (including phenoxy) is 1. The Morgan fingerprint density at radius 1 is 1.26 bits per heavy atom. The summed E-state index contributed by atoms with van der Waals surface area (Å²) < 4.78 is 7.15. The number of aromatic amines is 1.